The van der Waals surface area contributed by atoms with Crippen LogP contribution in [0.15, 0.2) is 42.5 Å². The van der Waals surface area contributed by atoms with Crippen molar-refractivity contribution < 1.29 is 17.9 Å². The number of unbranched alkanes of at least 4 members (excludes halogenated alkanes) is 1. The first kappa shape index (κ1) is 18.5. The highest BCUT2D eigenvalue weighted by Gasteiger charge is 2.18. The first-order chi connectivity index (χ1) is 12.5. The molecule has 0 aliphatic carbocycles. The Labute approximate surface area is 155 Å². The minimum absolute atomic E-state index is 0.0264. The van der Waals surface area contributed by atoms with Crippen LogP contribution < -0.4 is 4.74 Å². The van der Waals surface area contributed by atoms with Gasteiger partial charge in [-0.05, 0) is 49.2 Å². The number of hydrogen-bond acceptors (Lipinski definition) is 2. The van der Waals surface area contributed by atoms with Crippen LogP contribution in [0.5, 0.6) is 5.75 Å². The van der Waals surface area contributed by atoms with Crippen LogP contribution in [0.1, 0.15) is 24.6 Å². The van der Waals surface area contributed by atoms with Crippen LogP contribution in [0.4, 0.5) is 13.2 Å². The SMILES string of the molecule is CCCCOc1ccc(-c2ccc(-c3ccc(C)s3)cc2F)c(F)c1F. The highest BCUT2D eigenvalue weighted by molar-refractivity contribution is 7.15. The average molecular weight is 376 g/mol. The molecule has 0 aliphatic rings. The van der Waals surface area contributed by atoms with Crippen molar-refractivity contribution in [2.45, 2.75) is 26.7 Å². The summed E-state index contributed by atoms with van der Waals surface area (Å²) in [5.74, 6) is -2.93. The Bertz CT molecular complexity index is 918. The van der Waals surface area contributed by atoms with E-state index in [1.54, 1.807) is 17.4 Å². The van der Waals surface area contributed by atoms with E-state index < -0.39 is 17.5 Å². The fraction of sp³-hybridized carbons (Fsp3) is 0.238. The summed E-state index contributed by atoms with van der Waals surface area (Å²) < 4.78 is 48.5. The standard InChI is InChI=1S/C21H19F3OS/c1-3-4-11-25-18-9-8-16(20(23)21(18)24)15-7-6-14(12-17(15)22)19-10-5-13(2)26-19/h5-10,12H,3-4,11H2,1-2H3. The van der Waals surface area contributed by atoms with Crippen LogP contribution in [0, 0.1) is 24.4 Å². The molecule has 0 saturated heterocycles. The van der Waals surface area contributed by atoms with Gasteiger partial charge in [0, 0.05) is 20.9 Å². The third kappa shape index (κ3) is 3.78. The Balaban J connectivity index is 1.92. The van der Waals surface area contributed by atoms with Gasteiger partial charge < -0.3 is 4.74 Å². The minimum atomic E-state index is -1.10. The third-order valence-electron chi connectivity index (χ3n) is 4.09. The van der Waals surface area contributed by atoms with Gasteiger partial charge in [-0.1, -0.05) is 25.5 Å². The van der Waals surface area contributed by atoms with E-state index in [4.69, 9.17) is 4.74 Å². The molecule has 0 fully saturated rings. The average Bonchev–Trinajstić information content (AvgIpc) is 3.06. The second-order valence-electron chi connectivity index (χ2n) is 6.05. The number of ether oxygens (including phenoxy) is 1. The first-order valence-electron chi connectivity index (χ1n) is 8.48. The molecule has 0 aliphatic heterocycles. The van der Waals surface area contributed by atoms with Gasteiger partial charge in [-0.25, -0.2) is 8.78 Å². The maximum absolute atomic E-state index is 14.6. The fourth-order valence-electron chi connectivity index (χ4n) is 2.65. The van der Waals surface area contributed by atoms with Crippen molar-refractivity contribution in [3.8, 4) is 27.3 Å². The van der Waals surface area contributed by atoms with Crippen molar-refractivity contribution in [3.05, 3.63) is 64.8 Å². The lowest BCUT2D eigenvalue weighted by atomic mass is 10.0. The van der Waals surface area contributed by atoms with Crippen molar-refractivity contribution in [1.29, 1.82) is 0 Å². The predicted molar refractivity (Wildman–Crippen MR) is 100 cm³/mol. The minimum Gasteiger partial charge on any atom is -0.490 e. The molecule has 0 atom stereocenters. The zero-order valence-corrected chi connectivity index (χ0v) is 15.4. The van der Waals surface area contributed by atoms with Crippen LogP contribution in [-0.4, -0.2) is 6.61 Å². The molecule has 3 aromatic rings. The first-order valence-corrected chi connectivity index (χ1v) is 9.30. The maximum Gasteiger partial charge on any atom is 0.201 e. The van der Waals surface area contributed by atoms with E-state index in [-0.39, 0.29) is 16.9 Å². The summed E-state index contributed by atoms with van der Waals surface area (Å²) in [7, 11) is 0. The fourth-order valence-corrected chi connectivity index (χ4v) is 3.52. The van der Waals surface area contributed by atoms with Crippen LogP contribution in [0.2, 0.25) is 0 Å². The number of hydrogen-bond donors (Lipinski definition) is 0. The molecule has 1 nitrogen and oxygen atoms in total. The summed E-state index contributed by atoms with van der Waals surface area (Å²) in [6.07, 6.45) is 1.64. The number of halogens is 3. The quantitative estimate of drug-likeness (QED) is 0.421. The smallest absolute Gasteiger partial charge is 0.201 e. The van der Waals surface area contributed by atoms with E-state index in [1.807, 2.05) is 26.0 Å². The van der Waals surface area contributed by atoms with Crippen molar-refractivity contribution in [1.82, 2.24) is 0 Å². The molecular formula is C21H19F3OS. The van der Waals surface area contributed by atoms with Gasteiger partial charge in [0.1, 0.15) is 5.82 Å². The molecule has 136 valence electrons. The van der Waals surface area contributed by atoms with Crippen molar-refractivity contribution in [3.63, 3.8) is 0 Å². The van der Waals surface area contributed by atoms with E-state index in [0.717, 1.165) is 22.6 Å². The molecule has 1 heterocycles. The van der Waals surface area contributed by atoms with Crippen molar-refractivity contribution in [2.24, 2.45) is 0 Å². The highest BCUT2D eigenvalue weighted by Crippen LogP contribution is 2.35. The summed E-state index contributed by atoms with van der Waals surface area (Å²) >= 11 is 1.55. The number of aryl methyl sites for hydroxylation is 1. The second kappa shape index (κ2) is 7.96. The largest absolute Gasteiger partial charge is 0.490 e. The van der Waals surface area contributed by atoms with Crippen LogP contribution in [0.25, 0.3) is 21.6 Å². The summed E-state index contributed by atoms with van der Waals surface area (Å²) in [4.78, 5) is 2.05. The van der Waals surface area contributed by atoms with E-state index >= 15 is 0 Å². The van der Waals surface area contributed by atoms with Crippen LogP contribution >= 0.6 is 11.3 Å². The third-order valence-corrected chi connectivity index (χ3v) is 5.14. The van der Waals surface area contributed by atoms with Crippen molar-refractivity contribution in [2.75, 3.05) is 6.61 Å². The molecule has 0 bridgehead atoms. The Hall–Kier alpha value is -2.27. The Kier molecular flexibility index (Phi) is 5.67. The maximum atomic E-state index is 14.6. The van der Waals surface area contributed by atoms with Crippen molar-refractivity contribution >= 4 is 11.3 Å². The molecule has 0 amide bonds. The molecule has 0 radical (unpaired) electrons. The van der Waals surface area contributed by atoms with Gasteiger partial charge in [0.15, 0.2) is 11.6 Å². The molecule has 5 heteroatoms. The number of benzene rings is 2. The van der Waals surface area contributed by atoms with E-state index in [1.165, 1.54) is 24.3 Å². The van der Waals surface area contributed by atoms with Gasteiger partial charge in [0.05, 0.1) is 6.61 Å². The molecule has 0 unspecified atom stereocenters. The van der Waals surface area contributed by atoms with E-state index in [9.17, 15) is 13.2 Å². The van der Waals surface area contributed by atoms with Gasteiger partial charge in [-0.2, -0.15) is 4.39 Å². The number of thiophene rings is 1. The highest BCUT2D eigenvalue weighted by atomic mass is 32.1. The van der Waals surface area contributed by atoms with E-state index in [2.05, 4.69) is 0 Å². The molecule has 0 N–H and O–H groups in total. The molecule has 0 saturated carbocycles. The molecule has 3 rings (SSSR count). The van der Waals surface area contributed by atoms with Gasteiger partial charge in [0.25, 0.3) is 0 Å². The van der Waals surface area contributed by atoms with E-state index in [0.29, 0.717) is 12.2 Å². The van der Waals surface area contributed by atoms with Gasteiger partial charge >= 0.3 is 0 Å². The Morgan fingerprint density at radius 1 is 0.923 bits per heavy atom. The number of rotatable bonds is 6. The predicted octanol–water partition coefficient (Wildman–Crippen LogP) is 6.99. The topological polar surface area (TPSA) is 9.23 Å². The summed E-state index contributed by atoms with van der Waals surface area (Å²) in [6.45, 7) is 4.27. The Morgan fingerprint density at radius 3 is 2.35 bits per heavy atom. The molecule has 1 aromatic heterocycles. The normalized spacial score (nSPS) is 11.0. The monoisotopic (exact) mass is 376 g/mol. The molecular weight excluding hydrogens is 357 g/mol. The van der Waals surface area contributed by atoms with Crippen LogP contribution in [0.3, 0.4) is 0 Å². The summed E-state index contributed by atoms with van der Waals surface area (Å²) in [6, 6.07) is 11.1. The molecule has 2 aromatic carbocycles. The van der Waals surface area contributed by atoms with Gasteiger partial charge in [0.2, 0.25) is 5.82 Å². The lowest BCUT2D eigenvalue weighted by molar-refractivity contribution is 0.289. The summed E-state index contributed by atoms with van der Waals surface area (Å²) in [5.41, 5.74) is 0.625. The second-order valence-corrected chi connectivity index (χ2v) is 7.33. The van der Waals surface area contributed by atoms with Crippen LogP contribution in [-0.2, 0) is 0 Å². The summed E-state index contributed by atoms with van der Waals surface area (Å²) in [5, 5.41) is 0. The zero-order valence-electron chi connectivity index (χ0n) is 14.6. The lowest BCUT2D eigenvalue weighted by Gasteiger charge is -2.11. The van der Waals surface area contributed by atoms with Gasteiger partial charge in [-0.3, -0.25) is 0 Å². The molecule has 26 heavy (non-hydrogen) atoms. The Morgan fingerprint density at radius 2 is 1.69 bits per heavy atom. The molecule has 0 spiro atoms. The van der Waals surface area contributed by atoms with Gasteiger partial charge in [-0.15, -0.1) is 11.3 Å². The zero-order chi connectivity index (χ0) is 18.7. The lowest BCUT2D eigenvalue weighted by Crippen LogP contribution is -2.01.